The molecular formula is C19H34O3S. The molecule has 0 aliphatic carbocycles. The summed E-state index contributed by atoms with van der Waals surface area (Å²) in [5, 5.41) is 0. The summed E-state index contributed by atoms with van der Waals surface area (Å²) in [7, 11) is -3.67. The molecule has 23 heavy (non-hydrogen) atoms. The molecule has 0 radical (unpaired) electrons. The van der Waals surface area contributed by atoms with Crippen LogP contribution in [0, 0.1) is 0 Å². The van der Waals surface area contributed by atoms with E-state index in [1.807, 2.05) is 0 Å². The quantitative estimate of drug-likeness (QED) is 0.417. The zero-order valence-corrected chi connectivity index (χ0v) is 15.7. The first kappa shape index (κ1) is 22.1. The molecule has 0 unspecified atom stereocenters. The van der Waals surface area contributed by atoms with E-state index in [2.05, 4.69) is 37.3 Å². The second kappa shape index (κ2) is 14.7. The Kier molecular flexibility index (Phi) is 14.1. The zero-order chi connectivity index (χ0) is 17.4. The van der Waals surface area contributed by atoms with Gasteiger partial charge in [0.25, 0.3) is 10.1 Å². The standard InChI is InChI=1S/C18H30.CH4O3S/c1-2-3-4-5-6-7-8-9-10-12-15-18-16-13-11-14-17-18;1-5(2,3)4/h11,13-14,16-17H,2-10,12,15H2,1H3;1H3,(H,2,3,4). The van der Waals surface area contributed by atoms with Gasteiger partial charge in [0.15, 0.2) is 0 Å². The smallest absolute Gasteiger partial charge is 0.261 e. The highest BCUT2D eigenvalue weighted by molar-refractivity contribution is 7.85. The average molecular weight is 343 g/mol. The molecule has 0 heterocycles. The van der Waals surface area contributed by atoms with Crippen molar-refractivity contribution < 1.29 is 13.0 Å². The highest BCUT2D eigenvalue weighted by Crippen LogP contribution is 2.12. The molecule has 1 rings (SSSR count). The minimum absolute atomic E-state index is 0.715. The van der Waals surface area contributed by atoms with Gasteiger partial charge in [0.2, 0.25) is 0 Å². The van der Waals surface area contributed by atoms with Crippen molar-refractivity contribution in [1.82, 2.24) is 0 Å². The van der Waals surface area contributed by atoms with E-state index in [1.165, 1.54) is 76.2 Å². The van der Waals surface area contributed by atoms with Gasteiger partial charge in [-0.1, -0.05) is 95.0 Å². The number of hydrogen-bond donors (Lipinski definition) is 1. The van der Waals surface area contributed by atoms with Crippen molar-refractivity contribution in [1.29, 1.82) is 0 Å². The maximum atomic E-state index is 9.19. The van der Waals surface area contributed by atoms with E-state index in [1.54, 1.807) is 0 Å². The molecule has 4 heteroatoms. The van der Waals surface area contributed by atoms with Crippen molar-refractivity contribution in [3.8, 4) is 0 Å². The van der Waals surface area contributed by atoms with Crippen LogP contribution >= 0.6 is 0 Å². The van der Waals surface area contributed by atoms with Crippen LogP contribution in [0.1, 0.15) is 76.7 Å². The first-order valence-electron chi connectivity index (χ1n) is 8.90. The number of hydrogen-bond acceptors (Lipinski definition) is 2. The van der Waals surface area contributed by atoms with Gasteiger partial charge in [0.1, 0.15) is 0 Å². The lowest BCUT2D eigenvalue weighted by Crippen LogP contribution is -1.88. The lowest BCUT2D eigenvalue weighted by molar-refractivity contribution is 0.490. The second-order valence-electron chi connectivity index (χ2n) is 6.15. The van der Waals surface area contributed by atoms with Gasteiger partial charge in [-0.15, -0.1) is 0 Å². The lowest BCUT2D eigenvalue weighted by Gasteiger charge is -2.03. The summed E-state index contributed by atoms with van der Waals surface area (Å²) in [5.74, 6) is 0. The molecule has 1 N–H and O–H groups in total. The van der Waals surface area contributed by atoms with E-state index < -0.39 is 10.1 Å². The fourth-order valence-corrected chi connectivity index (χ4v) is 2.46. The molecular weight excluding hydrogens is 308 g/mol. The van der Waals surface area contributed by atoms with Crippen LogP contribution in [0.5, 0.6) is 0 Å². The molecule has 1 aromatic carbocycles. The third-order valence-electron chi connectivity index (χ3n) is 3.66. The van der Waals surface area contributed by atoms with E-state index in [9.17, 15) is 8.42 Å². The lowest BCUT2D eigenvalue weighted by atomic mass is 10.0. The van der Waals surface area contributed by atoms with Crippen LogP contribution in [0.15, 0.2) is 30.3 Å². The molecule has 3 nitrogen and oxygen atoms in total. The van der Waals surface area contributed by atoms with Gasteiger partial charge in [-0.05, 0) is 18.4 Å². The highest BCUT2D eigenvalue weighted by atomic mass is 32.2. The molecule has 0 bridgehead atoms. The topological polar surface area (TPSA) is 54.4 Å². The van der Waals surface area contributed by atoms with Gasteiger partial charge in [-0.2, -0.15) is 8.42 Å². The van der Waals surface area contributed by atoms with Crippen molar-refractivity contribution >= 4 is 10.1 Å². The number of benzene rings is 1. The molecule has 0 fully saturated rings. The van der Waals surface area contributed by atoms with Crippen LogP contribution in [0.4, 0.5) is 0 Å². The minimum atomic E-state index is -3.67. The second-order valence-corrected chi connectivity index (χ2v) is 7.62. The first-order chi connectivity index (χ1) is 10.9. The highest BCUT2D eigenvalue weighted by Gasteiger charge is 1.94. The van der Waals surface area contributed by atoms with Crippen molar-refractivity contribution in [2.75, 3.05) is 6.26 Å². The van der Waals surface area contributed by atoms with Crippen LogP contribution in [-0.4, -0.2) is 19.2 Å². The average Bonchev–Trinajstić information content (AvgIpc) is 2.48. The maximum absolute atomic E-state index is 9.19. The molecule has 0 atom stereocenters. The van der Waals surface area contributed by atoms with E-state index >= 15 is 0 Å². The Labute approximate surface area is 143 Å². The molecule has 0 aliphatic heterocycles. The summed E-state index contributed by atoms with van der Waals surface area (Å²) in [5.41, 5.74) is 1.50. The molecule has 0 aromatic heterocycles. The van der Waals surface area contributed by atoms with Crippen molar-refractivity contribution in [3.63, 3.8) is 0 Å². The van der Waals surface area contributed by atoms with Gasteiger partial charge in [-0.25, -0.2) is 0 Å². The Hall–Kier alpha value is -0.870. The summed E-state index contributed by atoms with van der Waals surface area (Å²) in [6.45, 7) is 2.28. The van der Waals surface area contributed by atoms with Crippen molar-refractivity contribution in [2.24, 2.45) is 0 Å². The molecule has 0 saturated carbocycles. The van der Waals surface area contributed by atoms with Gasteiger partial charge in [0.05, 0.1) is 6.26 Å². The summed E-state index contributed by atoms with van der Waals surface area (Å²) in [4.78, 5) is 0. The number of rotatable bonds is 11. The van der Waals surface area contributed by atoms with Crippen molar-refractivity contribution in [2.45, 2.75) is 77.6 Å². The van der Waals surface area contributed by atoms with Gasteiger partial charge < -0.3 is 0 Å². The van der Waals surface area contributed by atoms with E-state index in [0.29, 0.717) is 6.26 Å². The molecule has 0 amide bonds. The molecule has 1 aromatic rings. The summed E-state index contributed by atoms with van der Waals surface area (Å²) >= 11 is 0. The van der Waals surface area contributed by atoms with Crippen LogP contribution in [-0.2, 0) is 16.5 Å². The third kappa shape index (κ3) is 21.1. The Morgan fingerprint density at radius 1 is 0.783 bits per heavy atom. The fraction of sp³-hybridized carbons (Fsp3) is 0.684. The van der Waals surface area contributed by atoms with Gasteiger partial charge in [-0.3, -0.25) is 4.55 Å². The minimum Gasteiger partial charge on any atom is -0.286 e. The van der Waals surface area contributed by atoms with Crippen LogP contribution in [0.3, 0.4) is 0 Å². The maximum Gasteiger partial charge on any atom is 0.261 e. The van der Waals surface area contributed by atoms with E-state index in [0.717, 1.165) is 0 Å². The molecule has 0 spiro atoms. The molecule has 134 valence electrons. The summed E-state index contributed by atoms with van der Waals surface area (Å²) in [6, 6.07) is 10.9. The van der Waals surface area contributed by atoms with Crippen LogP contribution in [0.25, 0.3) is 0 Å². The van der Waals surface area contributed by atoms with Crippen LogP contribution < -0.4 is 0 Å². The Morgan fingerprint density at radius 2 is 1.17 bits per heavy atom. The van der Waals surface area contributed by atoms with Gasteiger partial charge >= 0.3 is 0 Å². The Balaban J connectivity index is 0.000000841. The third-order valence-corrected chi connectivity index (χ3v) is 3.66. The first-order valence-corrected chi connectivity index (χ1v) is 10.7. The van der Waals surface area contributed by atoms with E-state index in [-0.39, 0.29) is 0 Å². The molecule has 0 saturated heterocycles. The number of aryl methyl sites for hydroxylation is 1. The predicted octanol–water partition coefficient (Wildman–Crippen LogP) is 5.65. The van der Waals surface area contributed by atoms with E-state index in [4.69, 9.17) is 4.55 Å². The number of unbranched alkanes of at least 4 members (excludes halogenated alkanes) is 9. The Morgan fingerprint density at radius 3 is 1.61 bits per heavy atom. The zero-order valence-electron chi connectivity index (χ0n) is 14.8. The predicted molar refractivity (Wildman–Crippen MR) is 99.5 cm³/mol. The Bertz CT molecular complexity index is 447. The van der Waals surface area contributed by atoms with Gasteiger partial charge in [0, 0.05) is 0 Å². The largest absolute Gasteiger partial charge is 0.286 e. The normalized spacial score (nSPS) is 10.9. The van der Waals surface area contributed by atoms with Crippen molar-refractivity contribution in [3.05, 3.63) is 35.9 Å². The monoisotopic (exact) mass is 342 g/mol. The fourth-order valence-electron chi connectivity index (χ4n) is 2.46. The summed E-state index contributed by atoms with van der Waals surface area (Å²) in [6.07, 6.45) is 16.2. The summed E-state index contributed by atoms with van der Waals surface area (Å²) < 4.78 is 25.9. The SMILES string of the molecule is CCCCCCCCCCCCc1ccccc1.CS(=O)(=O)O. The van der Waals surface area contributed by atoms with Crippen LogP contribution in [0.2, 0.25) is 0 Å². The molecule has 0 aliphatic rings.